The Morgan fingerprint density at radius 1 is 1.27 bits per heavy atom. The molecule has 3 N–H and O–H groups in total. The monoisotopic (exact) mass is 414 g/mol. The third-order valence-corrected chi connectivity index (χ3v) is 6.02. The van der Waals surface area contributed by atoms with Crippen LogP contribution in [0.5, 0.6) is 0 Å². The molecular weight excluding hydrogens is 384 g/mol. The number of carbonyl (C=O) groups is 3. The number of nitrogens with zero attached hydrogens (tertiary/aromatic N) is 1. The second kappa shape index (κ2) is 8.45. The Bertz CT molecular complexity index is 854. The van der Waals surface area contributed by atoms with E-state index in [1.54, 1.807) is 4.90 Å². The molecule has 1 unspecified atom stereocenters. The molecule has 3 heterocycles. The SMILES string of the molecule is CC1(C)N[C@H](CCCNCc2ccc3c(c2)CN(C2CCC(=O)NC2=O)C3=O)CO1. The van der Waals surface area contributed by atoms with E-state index in [1.165, 1.54) is 0 Å². The Morgan fingerprint density at radius 2 is 2.10 bits per heavy atom. The topological polar surface area (TPSA) is 99.8 Å². The molecule has 3 aliphatic rings. The molecule has 0 aromatic heterocycles. The summed E-state index contributed by atoms with van der Waals surface area (Å²) in [6.07, 6.45) is 2.78. The van der Waals surface area contributed by atoms with E-state index in [0.717, 1.165) is 43.7 Å². The van der Waals surface area contributed by atoms with E-state index in [-0.39, 0.29) is 29.9 Å². The molecule has 8 nitrogen and oxygen atoms in total. The molecule has 3 amide bonds. The number of carbonyl (C=O) groups excluding carboxylic acids is 3. The number of imide groups is 1. The van der Waals surface area contributed by atoms with Gasteiger partial charge in [0.2, 0.25) is 11.8 Å². The van der Waals surface area contributed by atoms with Crippen LogP contribution in [0, 0.1) is 0 Å². The Kier molecular flexibility index (Phi) is 5.90. The van der Waals surface area contributed by atoms with Crippen LogP contribution >= 0.6 is 0 Å². The molecule has 1 aromatic carbocycles. The fourth-order valence-electron chi connectivity index (χ4n) is 4.48. The first-order chi connectivity index (χ1) is 14.3. The van der Waals surface area contributed by atoms with Gasteiger partial charge in [-0.15, -0.1) is 0 Å². The summed E-state index contributed by atoms with van der Waals surface area (Å²) in [4.78, 5) is 37.8. The van der Waals surface area contributed by atoms with Gasteiger partial charge in [0.1, 0.15) is 11.8 Å². The van der Waals surface area contributed by atoms with Crippen LogP contribution in [0.25, 0.3) is 0 Å². The van der Waals surface area contributed by atoms with Crippen molar-refractivity contribution in [2.24, 2.45) is 0 Å². The zero-order valence-corrected chi connectivity index (χ0v) is 17.6. The van der Waals surface area contributed by atoms with Gasteiger partial charge in [0.05, 0.1) is 6.61 Å². The molecule has 3 aliphatic heterocycles. The Hall–Kier alpha value is -2.29. The van der Waals surface area contributed by atoms with Crippen molar-refractivity contribution >= 4 is 17.7 Å². The highest BCUT2D eigenvalue weighted by molar-refractivity contribution is 6.05. The average molecular weight is 415 g/mol. The third-order valence-electron chi connectivity index (χ3n) is 6.02. The second-order valence-electron chi connectivity index (χ2n) is 8.87. The van der Waals surface area contributed by atoms with E-state index < -0.39 is 6.04 Å². The van der Waals surface area contributed by atoms with Gasteiger partial charge in [-0.05, 0) is 56.8 Å². The van der Waals surface area contributed by atoms with Gasteiger partial charge < -0.3 is 15.0 Å². The molecule has 2 fully saturated rings. The summed E-state index contributed by atoms with van der Waals surface area (Å²) in [6.45, 7) is 6.92. The first-order valence-electron chi connectivity index (χ1n) is 10.7. The Balaban J connectivity index is 1.26. The number of nitrogens with one attached hydrogen (secondary N) is 3. The molecule has 0 saturated carbocycles. The summed E-state index contributed by atoms with van der Waals surface area (Å²) in [6, 6.07) is 5.70. The molecule has 1 aromatic rings. The molecule has 162 valence electrons. The van der Waals surface area contributed by atoms with Crippen LogP contribution in [0.3, 0.4) is 0 Å². The minimum absolute atomic E-state index is 0.131. The first-order valence-corrected chi connectivity index (χ1v) is 10.7. The Labute approximate surface area is 176 Å². The number of benzene rings is 1. The van der Waals surface area contributed by atoms with Crippen molar-refractivity contribution in [2.75, 3.05) is 13.2 Å². The molecule has 0 radical (unpaired) electrons. The van der Waals surface area contributed by atoms with Crippen molar-refractivity contribution in [2.45, 2.75) is 70.4 Å². The van der Waals surface area contributed by atoms with E-state index >= 15 is 0 Å². The minimum Gasteiger partial charge on any atom is -0.360 e. The number of amides is 3. The van der Waals surface area contributed by atoms with Crippen LogP contribution in [0.1, 0.15) is 61.0 Å². The number of ether oxygens (including phenoxy) is 1. The maximum absolute atomic E-state index is 12.7. The molecule has 0 spiro atoms. The summed E-state index contributed by atoms with van der Waals surface area (Å²) < 4.78 is 5.69. The van der Waals surface area contributed by atoms with E-state index in [0.29, 0.717) is 24.6 Å². The Morgan fingerprint density at radius 3 is 2.83 bits per heavy atom. The average Bonchev–Trinajstić information content (AvgIpc) is 3.20. The number of hydrogen-bond donors (Lipinski definition) is 3. The number of piperidine rings is 1. The number of hydrogen-bond acceptors (Lipinski definition) is 6. The standard InChI is InChI=1S/C22H30N4O4/c1-22(2)25-16(13-30-22)4-3-9-23-11-14-5-6-17-15(10-14)12-26(21(17)29)18-7-8-19(27)24-20(18)28/h5-6,10,16,18,23,25H,3-4,7-9,11-13H2,1-2H3,(H,24,27,28)/t16-,18?/m1/s1. The maximum Gasteiger partial charge on any atom is 0.255 e. The van der Waals surface area contributed by atoms with Gasteiger partial charge in [-0.2, -0.15) is 0 Å². The van der Waals surface area contributed by atoms with Crippen molar-refractivity contribution < 1.29 is 19.1 Å². The van der Waals surface area contributed by atoms with Gasteiger partial charge in [-0.1, -0.05) is 12.1 Å². The van der Waals surface area contributed by atoms with Gasteiger partial charge in [0.15, 0.2) is 0 Å². The summed E-state index contributed by atoms with van der Waals surface area (Å²) >= 11 is 0. The number of rotatable bonds is 7. The molecule has 2 saturated heterocycles. The lowest BCUT2D eigenvalue weighted by atomic mass is 10.0. The van der Waals surface area contributed by atoms with Crippen LogP contribution in [-0.4, -0.2) is 53.6 Å². The van der Waals surface area contributed by atoms with Crippen molar-refractivity contribution in [1.29, 1.82) is 0 Å². The van der Waals surface area contributed by atoms with Crippen LogP contribution in [0.4, 0.5) is 0 Å². The fraction of sp³-hybridized carbons (Fsp3) is 0.591. The van der Waals surface area contributed by atoms with Crippen molar-refractivity contribution in [3.63, 3.8) is 0 Å². The van der Waals surface area contributed by atoms with Crippen molar-refractivity contribution in [3.05, 3.63) is 34.9 Å². The maximum atomic E-state index is 12.7. The minimum atomic E-state index is -0.567. The third kappa shape index (κ3) is 4.55. The lowest BCUT2D eigenvalue weighted by molar-refractivity contribution is -0.136. The van der Waals surface area contributed by atoms with E-state index in [9.17, 15) is 14.4 Å². The van der Waals surface area contributed by atoms with Crippen molar-refractivity contribution in [3.8, 4) is 0 Å². The quantitative estimate of drug-likeness (QED) is 0.455. The summed E-state index contributed by atoms with van der Waals surface area (Å²) in [5.41, 5.74) is 2.49. The normalized spacial score (nSPS) is 25.5. The first kappa shape index (κ1) is 21.0. The van der Waals surface area contributed by atoms with Gasteiger partial charge >= 0.3 is 0 Å². The summed E-state index contributed by atoms with van der Waals surface area (Å²) in [5.74, 6) is -0.776. The molecular formula is C22H30N4O4. The number of fused-ring (bicyclic) bond motifs is 1. The predicted octanol–water partition coefficient (Wildman–Crippen LogP) is 1.04. The molecule has 2 atom stereocenters. The van der Waals surface area contributed by atoms with Crippen LogP contribution in [0.2, 0.25) is 0 Å². The van der Waals surface area contributed by atoms with E-state index in [2.05, 4.69) is 16.0 Å². The molecule has 0 aliphatic carbocycles. The van der Waals surface area contributed by atoms with Crippen LogP contribution in [-0.2, 0) is 27.4 Å². The summed E-state index contributed by atoms with van der Waals surface area (Å²) in [7, 11) is 0. The van der Waals surface area contributed by atoms with Gasteiger partial charge in [0, 0.05) is 31.1 Å². The van der Waals surface area contributed by atoms with Gasteiger partial charge in [-0.3, -0.25) is 25.0 Å². The zero-order chi connectivity index (χ0) is 21.3. The van der Waals surface area contributed by atoms with E-state index in [1.807, 2.05) is 32.0 Å². The van der Waals surface area contributed by atoms with Gasteiger partial charge in [-0.25, -0.2) is 0 Å². The molecule has 4 rings (SSSR count). The largest absolute Gasteiger partial charge is 0.360 e. The van der Waals surface area contributed by atoms with Crippen molar-refractivity contribution in [1.82, 2.24) is 20.9 Å². The molecule has 0 bridgehead atoms. The lowest BCUT2D eigenvalue weighted by Gasteiger charge is -2.29. The molecule has 30 heavy (non-hydrogen) atoms. The highest BCUT2D eigenvalue weighted by atomic mass is 16.5. The highest BCUT2D eigenvalue weighted by Crippen LogP contribution is 2.28. The smallest absolute Gasteiger partial charge is 0.255 e. The summed E-state index contributed by atoms with van der Waals surface area (Å²) in [5, 5.41) is 9.28. The zero-order valence-electron chi connectivity index (χ0n) is 17.6. The van der Waals surface area contributed by atoms with Crippen LogP contribution in [0.15, 0.2) is 18.2 Å². The second-order valence-corrected chi connectivity index (χ2v) is 8.87. The van der Waals surface area contributed by atoms with E-state index in [4.69, 9.17) is 4.74 Å². The van der Waals surface area contributed by atoms with Gasteiger partial charge in [0.25, 0.3) is 5.91 Å². The molecule has 8 heteroatoms. The highest BCUT2D eigenvalue weighted by Gasteiger charge is 2.39. The predicted molar refractivity (Wildman–Crippen MR) is 110 cm³/mol. The fourth-order valence-corrected chi connectivity index (χ4v) is 4.48. The van der Waals surface area contributed by atoms with Crippen LogP contribution < -0.4 is 16.0 Å². The lowest BCUT2D eigenvalue weighted by Crippen LogP contribution is -2.52.